The van der Waals surface area contributed by atoms with Gasteiger partial charge in [-0.15, -0.1) is 0 Å². The van der Waals surface area contributed by atoms with E-state index in [1.165, 1.54) is 22.0 Å². The number of carbonyl (C=O) groups is 4. The van der Waals surface area contributed by atoms with Gasteiger partial charge < -0.3 is 35.0 Å². The predicted octanol–water partition coefficient (Wildman–Crippen LogP) is 4.22. The zero-order chi connectivity index (χ0) is 44.3. The van der Waals surface area contributed by atoms with E-state index in [9.17, 15) is 27.6 Å². The molecule has 1 aromatic heterocycles. The Morgan fingerprint density at radius 1 is 1.00 bits per heavy atom. The summed E-state index contributed by atoms with van der Waals surface area (Å²) in [5.74, 6) is 1.67. The van der Waals surface area contributed by atoms with E-state index in [0.717, 1.165) is 80.3 Å². The molecule has 2 saturated carbocycles. The number of benzene rings is 1. The van der Waals surface area contributed by atoms with Crippen molar-refractivity contribution in [2.24, 2.45) is 5.92 Å². The van der Waals surface area contributed by atoms with Crippen LogP contribution in [0.5, 0.6) is 0 Å². The number of anilines is 4. The number of allylic oxidation sites excluding steroid dienone is 1. The summed E-state index contributed by atoms with van der Waals surface area (Å²) in [6.45, 7) is 7.45. The molecule has 17 heteroatoms. The lowest BCUT2D eigenvalue weighted by molar-refractivity contribution is -0.134. The molecule has 0 bridgehead atoms. The summed E-state index contributed by atoms with van der Waals surface area (Å²) in [5.41, 5.74) is 3.71. The average Bonchev–Trinajstić information content (AvgIpc) is 3.92. The standard InChI is InChI=1S/C45H66N10O6S/c1-31-11-10-13-37(31)52(6)42-36(45(29-56)21-22-45)26-46-44(49-42)48-34-19-23-53(24-20-34)62(60,61)54-27-35(28-54)51(5)41(58)14-9-7-8-12-33-16-18-38(40(25-33)50(3)4)55(30-57)39-17-15-32(2)47-43(39)59/h16,18,25-26,29-31,34-35,37,39H,2,7-15,17,19-24,27-28H2,1,3-6H3,(H,47,59)(H,46,48,49). The van der Waals surface area contributed by atoms with Gasteiger partial charge in [-0.1, -0.05) is 32.4 Å². The second kappa shape index (κ2) is 19.0. The molecule has 2 N–H and O–H groups in total. The lowest BCUT2D eigenvalue weighted by Crippen LogP contribution is -2.64. The van der Waals surface area contributed by atoms with E-state index in [1.54, 1.807) is 16.3 Å². The van der Waals surface area contributed by atoms with Crippen molar-refractivity contribution in [2.45, 2.75) is 126 Å². The van der Waals surface area contributed by atoms with Gasteiger partial charge in [0.25, 0.3) is 10.2 Å². The summed E-state index contributed by atoms with van der Waals surface area (Å²) in [6.07, 6.45) is 14.7. The number of rotatable bonds is 19. The van der Waals surface area contributed by atoms with Crippen LogP contribution in [0.1, 0.15) is 102 Å². The molecule has 0 spiro atoms. The number of nitrogens with one attached hydrogen (secondary N) is 2. The van der Waals surface area contributed by atoms with Gasteiger partial charge >= 0.3 is 0 Å². The van der Waals surface area contributed by atoms with Crippen LogP contribution >= 0.6 is 0 Å². The first-order valence-corrected chi connectivity index (χ1v) is 23.9. The maximum Gasteiger partial charge on any atom is 0.282 e. The van der Waals surface area contributed by atoms with E-state index in [-0.39, 0.29) is 37.0 Å². The molecule has 338 valence electrons. The Morgan fingerprint density at radius 2 is 1.74 bits per heavy atom. The van der Waals surface area contributed by atoms with Gasteiger partial charge in [0.05, 0.1) is 22.8 Å². The van der Waals surface area contributed by atoms with Gasteiger partial charge in [0.1, 0.15) is 18.1 Å². The van der Waals surface area contributed by atoms with Crippen molar-refractivity contribution in [1.82, 2.24) is 28.8 Å². The number of aryl methyl sites for hydroxylation is 1. The number of hydrogen-bond acceptors (Lipinski definition) is 11. The van der Waals surface area contributed by atoms with Crippen molar-refractivity contribution in [2.75, 3.05) is 74.4 Å². The van der Waals surface area contributed by atoms with Crippen LogP contribution in [-0.4, -0.2) is 135 Å². The average molecular weight is 875 g/mol. The summed E-state index contributed by atoms with van der Waals surface area (Å²) in [5, 5.41) is 6.24. The van der Waals surface area contributed by atoms with Gasteiger partial charge in [-0.05, 0) is 94.2 Å². The van der Waals surface area contributed by atoms with Crippen LogP contribution in [0.25, 0.3) is 0 Å². The summed E-state index contributed by atoms with van der Waals surface area (Å²) in [7, 11) is 4.02. The molecule has 3 unspecified atom stereocenters. The third-order valence-electron chi connectivity index (χ3n) is 14.1. The van der Waals surface area contributed by atoms with E-state index in [1.807, 2.05) is 37.3 Å². The molecular formula is C45H66N10O6S. The fourth-order valence-corrected chi connectivity index (χ4v) is 11.4. The summed E-state index contributed by atoms with van der Waals surface area (Å²) in [6, 6.07) is 5.58. The van der Waals surface area contributed by atoms with Crippen LogP contribution in [0.2, 0.25) is 0 Å². The maximum absolute atomic E-state index is 13.6. The fourth-order valence-electron chi connectivity index (χ4n) is 9.72. The SMILES string of the molecule is C=C1CCC(N(C=O)c2ccc(CCCCCC(=O)N(C)C3CN(S(=O)(=O)N4CCC(Nc5ncc(C6(C=O)CC6)c(N(C)C6CCCC6C)n5)CC4)C3)cc2N(C)C)C(=O)N1. The summed E-state index contributed by atoms with van der Waals surface area (Å²) >= 11 is 0. The monoisotopic (exact) mass is 874 g/mol. The number of carbonyl (C=O) groups excluding carboxylic acids is 4. The highest BCUT2D eigenvalue weighted by Gasteiger charge is 2.48. The second-order valence-corrected chi connectivity index (χ2v) is 20.5. The van der Waals surface area contributed by atoms with E-state index < -0.39 is 21.7 Å². The van der Waals surface area contributed by atoms with Crippen LogP contribution in [-0.2, 0) is 41.2 Å². The highest BCUT2D eigenvalue weighted by atomic mass is 32.2. The fraction of sp³-hybridized carbons (Fsp3) is 0.644. The third-order valence-corrected chi connectivity index (χ3v) is 16.1. The predicted molar refractivity (Wildman–Crippen MR) is 241 cm³/mol. The summed E-state index contributed by atoms with van der Waals surface area (Å²) < 4.78 is 30.3. The molecule has 0 radical (unpaired) electrons. The Kier molecular flexibility index (Phi) is 13.9. The lowest BCUT2D eigenvalue weighted by atomic mass is 9.98. The highest BCUT2D eigenvalue weighted by Crippen LogP contribution is 2.50. The van der Waals surface area contributed by atoms with Crippen LogP contribution < -0.4 is 25.3 Å². The van der Waals surface area contributed by atoms with Gasteiger partial charge in [0, 0.05) is 90.3 Å². The molecule has 16 nitrogen and oxygen atoms in total. The Balaban J connectivity index is 0.835. The minimum absolute atomic E-state index is 0.0129. The molecule has 5 aliphatic rings. The molecule has 3 atom stereocenters. The molecule has 3 amide bonds. The quantitative estimate of drug-likeness (QED) is 0.153. The number of aldehydes is 1. The first kappa shape index (κ1) is 45.4. The molecular weight excluding hydrogens is 809 g/mol. The Labute approximate surface area is 367 Å². The molecule has 62 heavy (non-hydrogen) atoms. The zero-order valence-corrected chi connectivity index (χ0v) is 38.0. The van der Waals surface area contributed by atoms with Crippen LogP contribution in [0.3, 0.4) is 0 Å². The second-order valence-electron chi connectivity index (χ2n) is 18.5. The molecule has 2 aromatic rings. The van der Waals surface area contributed by atoms with Gasteiger partial charge in [0.15, 0.2) is 0 Å². The highest BCUT2D eigenvalue weighted by molar-refractivity contribution is 7.86. The molecule has 1 aromatic carbocycles. The molecule has 4 heterocycles. The smallest absolute Gasteiger partial charge is 0.282 e. The number of unbranched alkanes of at least 4 members (excludes halogenated alkanes) is 2. The first-order chi connectivity index (χ1) is 29.6. The van der Waals surface area contributed by atoms with Crippen molar-refractivity contribution in [3.63, 3.8) is 0 Å². The van der Waals surface area contributed by atoms with Crippen LogP contribution in [0, 0.1) is 5.92 Å². The normalized spacial score (nSPS) is 23.3. The number of amides is 3. The first-order valence-electron chi connectivity index (χ1n) is 22.5. The van der Waals surface area contributed by atoms with E-state index in [0.29, 0.717) is 74.5 Å². The van der Waals surface area contributed by atoms with Crippen LogP contribution in [0.15, 0.2) is 36.7 Å². The van der Waals surface area contributed by atoms with Gasteiger partial charge in [-0.25, -0.2) is 4.98 Å². The zero-order valence-electron chi connectivity index (χ0n) is 37.2. The number of hydrogen-bond donors (Lipinski definition) is 2. The molecule has 5 fully saturated rings. The number of piperidine rings is 2. The lowest BCUT2D eigenvalue weighted by Gasteiger charge is -2.45. The van der Waals surface area contributed by atoms with Gasteiger partial charge in [-0.2, -0.15) is 22.0 Å². The number of likely N-dealkylation sites (N-methyl/N-ethyl adjacent to an activating group) is 1. The van der Waals surface area contributed by atoms with Crippen molar-refractivity contribution < 1.29 is 27.6 Å². The number of aromatic nitrogens is 2. The minimum Gasteiger partial charge on any atom is -0.376 e. The number of nitrogens with zero attached hydrogens (tertiary/aromatic N) is 8. The van der Waals surface area contributed by atoms with Crippen molar-refractivity contribution in [3.8, 4) is 0 Å². The molecule has 3 saturated heterocycles. The van der Waals surface area contributed by atoms with E-state index in [4.69, 9.17) is 4.98 Å². The molecule has 7 rings (SSSR count). The molecule has 3 aliphatic heterocycles. The minimum atomic E-state index is -3.66. The van der Waals surface area contributed by atoms with Crippen molar-refractivity contribution in [3.05, 3.63) is 47.8 Å². The van der Waals surface area contributed by atoms with Gasteiger partial charge in [-0.3, -0.25) is 14.4 Å². The third kappa shape index (κ3) is 9.64. The maximum atomic E-state index is 13.6. The largest absolute Gasteiger partial charge is 0.376 e. The molecule has 2 aliphatic carbocycles. The van der Waals surface area contributed by atoms with Crippen molar-refractivity contribution >= 4 is 57.9 Å². The van der Waals surface area contributed by atoms with E-state index in [2.05, 4.69) is 47.1 Å². The van der Waals surface area contributed by atoms with Crippen molar-refractivity contribution in [1.29, 1.82) is 0 Å². The van der Waals surface area contributed by atoms with Crippen LogP contribution in [0.4, 0.5) is 23.1 Å². The summed E-state index contributed by atoms with van der Waals surface area (Å²) in [4.78, 5) is 67.2. The topological polar surface area (TPSA) is 172 Å². The Bertz CT molecular complexity index is 2100. The van der Waals surface area contributed by atoms with E-state index >= 15 is 0 Å². The Hall–Kier alpha value is -4.61. The van der Waals surface area contributed by atoms with Gasteiger partial charge in [0.2, 0.25) is 24.2 Å². The Morgan fingerprint density at radius 3 is 2.37 bits per heavy atom.